The Labute approximate surface area is 214 Å². The number of amides is 1. The van der Waals surface area contributed by atoms with Gasteiger partial charge in [0.05, 0.1) is 17.6 Å². The number of rotatable bonds is 4. The number of aryl methyl sites for hydroxylation is 1. The van der Waals surface area contributed by atoms with Crippen molar-refractivity contribution in [3.05, 3.63) is 88.2 Å². The number of hydrogen-bond donors (Lipinski definition) is 2. The number of carboxylic acid groups (broad SMARTS) is 1. The van der Waals surface area contributed by atoms with Gasteiger partial charge in [-0.15, -0.1) is 0 Å². The number of nitrogens with zero attached hydrogens (tertiary/aromatic N) is 5. The zero-order valence-electron chi connectivity index (χ0n) is 19.8. The first-order chi connectivity index (χ1) is 18.3. The van der Waals surface area contributed by atoms with Gasteiger partial charge in [0.2, 0.25) is 5.91 Å². The molecule has 0 unspecified atom stereocenters. The van der Waals surface area contributed by atoms with E-state index >= 15 is 0 Å². The number of hydrogen-bond acceptors (Lipinski definition) is 5. The molecule has 0 aliphatic carbocycles. The minimum atomic E-state index is -5.08. The lowest BCUT2D eigenvalue weighted by Gasteiger charge is -2.07. The molecule has 10 nitrogen and oxygen atoms in total. The van der Waals surface area contributed by atoms with Crippen LogP contribution in [0, 0.1) is 11.6 Å². The van der Waals surface area contributed by atoms with E-state index in [0.717, 1.165) is 12.1 Å². The highest BCUT2D eigenvalue weighted by Crippen LogP contribution is 2.23. The van der Waals surface area contributed by atoms with Crippen molar-refractivity contribution in [2.75, 3.05) is 0 Å². The van der Waals surface area contributed by atoms with Crippen LogP contribution in [0.5, 0.6) is 0 Å². The monoisotopic (exact) mass is 548 g/mol. The molecule has 15 heteroatoms. The van der Waals surface area contributed by atoms with E-state index in [9.17, 15) is 31.5 Å². The molecule has 0 fully saturated rings. The van der Waals surface area contributed by atoms with Gasteiger partial charge in [0.25, 0.3) is 0 Å². The Morgan fingerprint density at radius 3 is 2.26 bits per heavy atom. The summed E-state index contributed by atoms with van der Waals surface area (Å²) in [5.74, 6) is -4.82. The number of nitrogens with two attached hydrogens (primary N) is 1. The normalized spacial score (nSPS) is 11.4. The molecule has 0 aliphatic rings. The highest BCUT2D eigenvalue weighted by molar-refractivity contribution is 5.96. The minimum absolute atomic E-state index is 0.155. The predicted molar refractivity (Wildman–Crippen MR) is 127 cm³/mol. The van der Waals surface area contributed by atoms with Gasteiger partial charge >= 0.3 is 17.8 Å². The average molecular weight is 548 g/mol. The van der Waals surface area contributed by atoms with E-state index in [0.29, 0.717) is 22.1 Å². The van der Waals surface area contributed by atoms with Gasteiger partial charge in [-0.1, -0.05) is 6.07 Å². The second kappa shape index (κ2) is 10.00. The molecule has 0 saturated heterocycles. The van der Waals surface area contributed by atoms with Crippen LogP contribution >= 0.6 is 0 Å². The van der Waals surface area contributed by atoms with Crippen LogP contribution in [0.15, 0.2) is 59.8 Å². The summed E-state index contributed by atoms with van der Waals surface area (Å²) in [4.78, 5) is 41.8. The van der Waals surface area contributed by atoms with Gasteiger partial charge in [0.15, 0.2) is 5.65 Å². The highest BCUT2D eigenvalue weighted by atomic mass is 19.4. The fraction of sp³-hybridized carbons (Fsp3) is 0.125. The van der Waals surface area contributed by atoms with E-state index in [1.807, 2.05) is 0 Å². The molecule has 0 spiro atoms. The number of aromatic nitrogens is 5. The fourth-order valence-electron chi connectivity index (χ4n) is 3.81. The van der Waals surface area contributed by atoms with E-state index < -0.39 is 29.7 Å². The molecular formula is C24H17F5N6O4. The largest absolute Gasteiger partial charge is 0.490 e. The number of para-hydroxylation sites is 1. The Morgan fingerprint density at radius 2 is 1.67 bits per heavy atom. The van der Waals surface area contributed by atoms with Crippen molar-refractivity contribution in [3.63, 3.8) is 0 Å². The third kappa shape index (κ3) is 5.18. The molecule has 3 aromatic heterocycles. The van der Waals surface area contributed by atoms with Crippen LogP contribution in [0.4, 0.5) is 22.0 Å². The summed E-state index contributed by atoms with van der Waals surface area (Å²) >= 11 is 0. The Morgan fingerprint density at radius 1 is 1.03 bits per heavy atom. The number of fused-ring (bicyclic) bond motifs is 2. The number of aliphatic carboxylic acids is 1. The number of primary amides is 1. The van der Waals surface area contributed by atoms with Gasteiger partial charge < -0.3 is 10.8 Å². The summed E-state index contributed by atoms with van der Waals surface area (Å²) < 4.78 is 64.4. The molecular weight excluding hydrogens is 531 g/mol. The predicted octanol–water partition coefficient (Wildman–Crippen LogP) is 3.13. The van der Waals surface area contributed by atoms with Gasteiger partial charge in [-0.25, -0.2) is 28.3 Å². The van der Waals surface area contributed by atoms with Crippen molar-refractivity contribution in [1.82, 2.24) is 23.7 Å². The molecule has 0 saturated carbocycles. The number of carboxylic acids is 1. The van der Waals surface area contributed by atoms with Crippen molar-refractivity contribution in [2.45, 2.75) is 12.7 Å². The number of imidazole rings is 2. The molecule has 39 heavy (non-hydrogen) atoms. The lowest BCUT2D eigenvalue weighted by Crippen LogP contribution is -2.22. The zero-order valence-corrected chi connectivity index (χ0v) is 19.8. The lowest BCUT2D eigenvalue weighted by molar-refractivity contribution is -0.192. The molecule has 3 heterocycles. The number of pyridine rings is 1. The Bertz CT molecular complexity index is 1780. The number of carbonyl (C=O) groups is 2. The quantitative estimate of drug-likeness (QED) is 0.331. The van der Waals surface area contributed by atoms with E-state index in [4.69, 9.17) is 15.6 Å². The summed E-state index contributed by atoms with van der Waals surface area (Å²) in [6.45, 7) is 0.155. The fourth-order valence-corrected chi connectivity index (χ4v) is 3.81. The summed E-state index contributed by atoms with van der Waals surface area (Å²) in [7, 11) is 1.64. The van der Waals surface area contributed by atoms with Gasteiger partial charge in [-0.3, -0.25) is 18.5 Å². The van der Waals surface area contributed by atoms with Crippen LogP contribution in [0.2, 0.25) is 0 Å². The Hall–Kier alpha value is -5.08. The van der Waals surface area contributed by atoms with Crippen LogP contribution in [0.25, 0.3) is 27.9 Å². The lowest BCUT2D eigenvalue weighted by atomic mass is 10.2. The first kappa shape index (κ1) is 27.0. The zero-order chi connectivity index (χ0) is 28.6. The average Bonchev–Trinajstić information content (AvgIpc) is 3.38. The number of alkyl halides is 3. The topological polar surface area (TPSA) is 138 Å². The molecule has 0 atom stereocenters. The van der Waals surface area contributed by atoms with Crippen molar-refractivity contribution in [1.29, 1.82) is 0 Å². The number of benzene rings is 2. The van der Waals surface area contributed by atoms with Crippen LogP contribution in [-0.2, 0) is 18.4 Å². The third-order valence-electron chi connectivity index (χ3n) is 5.64. The van der Waals surface area contributed by atoms with Crippen LogP contribution in [0.3, 0.4) is 0 Å². The maximum atomic E-state index is 14.2. The highest BCUT2D eigenvalue weighted by Gasteiger charge is 2.38. The molecule has 3 N–H and O–H groups in total. The number of halogens is 5. The summed E-state index contributed by atoms with van der Waals surface area (Å²) in [6.07, 6.45) is -2.27. The molecule has 0 aliphatic heterocycles. The van der Waals surface area contributed by atoms with Crippen LogP contribution in [-0.4, -0.2) is 46.8 Å². The molecule has 0 radical (unpaired) electrons. The molecule has 0 bridgehead atoms. The SMILES string of the molecule is Cn1c(=O)n(Cc2cnc3c(c2)ncn3-c2c(F)cccc2F)c2cc(C(N)=O)ccc21.O=C(O)C(F)(F)F. The maximum Gasteiger partial charge on any atom is 0.490 e. The Kier molecular flexibility index (Phi) is 6.91. The third-order valence-corrected chi connectivity index (χ3v) is 5.64. The van der Waals surface area contributed by atoms with Crippen LogP contribution < -0.4 is 11.4 Å². The second-order valence-electron chi connectivity index (χ2n) is 8.17. The van der Waals surface area contributed by atoms with E-state index in [1.54, 1.807) is 31.3 Å². The van der Waals surface area contributed by atoms with E-state index in [1.165, 1.54) is 32.3 Å². The molecule has 5 rings (SSSR count). The summed E-state index contributed by atoms with van der Waals surface area (Å²) in [5.41, 5.74) is 7.66. The van der Waals surface area contributed by atoms with Crippen molar-refractivity contribution >= 4 is 34.1 Å². The van der Waals surface area contributed by atoms with Gasteiger partial charge in [-0.05, 0) is 42.0 Å². The molecule has 5 aromatic rings. The van der Waals surface area contributed by atoms with Gasteiger partial charge in [-0.2, -0.15) is 13.2 Å². The first-order valence-corrected chi connectivity index (χ1v) is 10.8. The number of carbonyl (C=O) groups excluding carboxylic acids is 1. The van der Waals surface area contributed by atoms with Crippen molar-refractivity contribution in [3.8, 4) is 5.69 Å². The minimum Gasteiger partial charge on any atom is -0.475 e. The van der Waals surface area contributed by atoms with Gasteiger partial charge in [0.1, 0.15) is 29.2 Å². The second-order valence-corrected chi connectivity index (χ2v) is 8.17. The van der Waals surface area contributed by atoms with Crippen LogP contribution in [0.1, 0.15) is 15.9 Å². The smallest absolute Gasteiger partial charge is 0.475 e. The maximum absolute atomic E-state index is 14.2. The van der Waals surface area contributed by atoms with Crippen molar-refractivity contribution in [2.24, 2.45) is 12.8 Å². The first-order valence-electron chi connectivity index (χ1n) is 10.8. The molecule has 1 amide bonds. The molecule has 2 aromatic carbocycles. The van der Waals surface area contributed by atoms with E-state index in [2.05, 4.69) is 9.97 Å². The summed E-state index contributed by atoms with van der Waals surface area (Å²) in [6, 6.07) is 10.1. The molecule has 202 valence electrons. The van der Waals surface area contributed by atoms with Gasteiger partial charge in [0, 0.05) is 18.8 Å². The Balaban J connectivity index is 0.000000448. The van der Waals surface area contributed by atoms with Crippen molar-refractivity contribution < 1.29 is 36.6 Å². The standard InChI is InChI=1S/C22H16F2N6O2.C2HF3O2/c1-28-17-6-5-13(20(25)31)8-18(17)29(22(28)32)10-12-7-16-21(26-9-12)30(11-27-16)19-14(23)3-2-4-15(19)24;3-2(4,5)1(6)7/h2-9,11H,10H2,1H3,(H2,25,31);(H,6,7). The van der Waals surface area contributed by atoms with E-state index in [-0.39, 0.29) is 29.1 Å². The summed E-state index contributed by atoms with van der Waals surface area (Å²) in [5, 5.41) is 7.12.